The maximum absolute atomic E-state index is 13.2. The zero-order valence-corrected chi connectivity index (χ0v) is 12.2. The number of hydrogen-bond acceptors (Lipinski definition) is 5. The fraction of sp³-hybridized carbons (Fsp3) is 0. The van der Waals surface area contributed by atoms with E-state index in [-0.39, 0.29) is 10.6 Å². The standard InChI is InChI=1S/C13H9F2N5O2S/c14-12-6-5-11(7-13(12)15)23(21,22)17-9-1-3-10(4-2-9)20-8-16-18-19-20/h1-8,17H. The molecule has 23 heavy (non-hydrogen) atoms. The number of anilines is 1. The van der Waals surface area contributed by atoms with Gasteiger partial charge < -0.3 is 0 Å². The smallest absolute Gasteiger partial charge is 0.261 e. The number of benzene rings is 2. The molecule has 0 aliphatic rings. The van der Waals surface area contributed by atoms with E-state index >= 15 is 0 Å². The van der Waals surface area contributed by atoms with Crippen LogP contribution in [0.5, 0.6) is 0 Å². The number of aromatic nitrogens is 4. The lowest BCUT2D eigenvalue weighted by Crippen LogP contribution is -2.13. The zero-order chi connectivity index (χ0) is 16.4. The summed E-state index contributed by atoms with van der Waals surface area (Å²) in [5.74, 6) is -2.35. The summed E-state index contributed by atoms with van der Waals surface area (Å²) >= 11 is 0. The summed E-state index contributed by atoms with van der Waals surface area (Å²) in [5.41, 5.74) is 0.886. The SMILES string of the molecule is O=S(=O)(Nc1ccc(-n2cnnn2)cc1)c1ccc(F)c(F)c1. The van der Waals surface area contributed by atoms with Gasteiger partial charge in [-0.15, -0.1) is 5.10 Å². The molecule has 3 aromatic rings. The number of nitrogens with zero attached hydrogens (tertiary/aromatic N) is 4. The minimum Gasteiger partial charge on any atom is -0.280 e. The highest BCUT2D eigenvalue weighted by Gasteiger charge is 2.16. The number of sulfonamides is 1. The third-order valence-corrected chi connectivity index (χ3v) is 4.31. The molecule has 0 bridgehead atoms. The van der Waals surface area contributed by atoms with Crippen molar-refractivity contribution in [2.45, 2.75) is 4.90 Å². The van der Waals surface area contributed by atoms with Crippen LogP contribution in [0.4, 0.5) is 14.5 Å². The fourth-order valence-corrected chi connectivity index (χ4v) is 2.89. The van der Waals surface area contributed by atoms with Gasteiger partial charge in [-0.05, 0) is 52.9 Å². The van der Waals surface area contributed by atoms with Crippen LogP contribution in [0.3, 0.4) is 0 Å². The third kappa shape index (κ3) is 3.16. The van der Waals surface area contributed by atoms with Crippen LogP contribution in [0.25, 0.3) is 5.69 Å². The van der Waals surface area contributed by atoms with Crippen LogP contribution in [0.1, 0.15) is 0 Å². The number of nitrogens with one attached hydrogen (secondary N) is 1. The molecule has 0 amide bonds. The molecule has 3 rings (SSSR count). The molecule has 0 saturated heterocycles. The third-order valence-electron chi connectivity index (χ3n) is 2.93. The Kier molecular flexibility index (Phi) is 3.74. The first-order chi connectivity index (χ1) is 11.0. The van der Waals surface area contributed by atoms with Crippen molar-refractivity contribution >= 4 is 15.7 Å². The summed E-state index contributed by atoms with van der Waals surface area (Å²) in [6.07, 6.45) is 1.39. The highest BCUT2D eigenvalue weighted by molar-refractivity contribution is 7.92. The Morgan fingerprint density at radius 2 is 1.74 bits per heavy atom. The summed E-state index contributed by atoms with van der Waals surface area (Å²) in [6.45, 7) is 0. The van der Waals surface area contributed by atoms with E-state index in [4.69, 9.17) is 0 Å². The predicted molar refractivity (Wildman–Crippen MR) is 76.3 cm³/mol. The Balaban J connectivity index is 1.84. The summed E-state index contributed by atoms with van der Waals surface area (Å²) < 4.78 is 54.0. The van der Waals surface area contributed by atoms with E-state index in [1.54, 1.807) is 12.1 Å². The van der Waals surface area contributed by atoms with E-state index in [1.165, 1.54) is 23.1 Å². The van der Waals surface area contributed by atoms with Crippen LogP contribution < -0.4 is 4.72 Å². The average Bonchev–Trinajstić information content (AvgIpc) is 3.04. The number of tetrazole rings is 1. The van der Waals surface area contributed by atoms with E-state index < -0.39 is 21.7 Å². The van der Waals surface area contributed by atoms with Crippen LogP contribution in [-0.4, -0.2) is 28.6 Å². The summed E-state index contributed by atoms with van der Waals surface area (Å²) in [7, 11) is -4.02. The van der Waals surface area contributed by atoms with Gasteiger partial charge in [0.1, 0.15) is 6.33 Å². The van der Waals surface area contributed by atoms with Gasteiger partial charge in [-0.3, -0.25) is 4.72 Å². The molecule has 0 unspecified atom stereocenters. The van der Waals surface area contributed by atoms with Crippen LogP contribution in [0, 0.1) is 11.6 Å². The molecule has 0 aliphatic carbocycles. The van der Waals surface area contributed by atoms with E-state index in [0.717, 1.165) is 12.1 Å². The van der Waals surface area contributed by atoms with Crippen molar-refractivity contribution in [3.05, 3.63) is 60.4 Å². The van der Waals surface area contributed by atoms with Gasteiger partial charge in [0, 0.05) is 5.69 Å². The quantitative estimate of drug-likeness (QED) is 0.783. The summed E-state index contributed by atoms with van der Waals surface area (Å²) in [4.78, 5) is -0.374. The predicted octanol–water partition coefficient (Wildman–Crippen LogP) is 1.74. The normalized spacial score (nSPS) is 11.4. The molecule has 0 radical (unpaired) electrons. The van der Waals surface area contributed by atoms with Crippen molar-refractivity contribution < 1.29 is 17.2 Å². The average molecular weight is 337 g/mol. The molecule has 2 aromatic carbocycles. The van der Waals surface area contributed by atoms with Gasteiger partial charge in [-0.1, -0.05) is 0 Å². The first-order valence-electron chi connectivity index (χ1n) is 6.27. The van der Waals surface area contributed by atoms with Crippen molar-refractivity contribution in [3.63, 3.8) is 0 Å². The van der Waals surface area contributed by atoms with Gasteiger partial charge in [0.05, 0.1) is 10.6 Å². The van der Waals surface area contributed by atoms with Crippen molar-refractivity contribution in [3.8, 4) is 5.69 Å². The van der Waals surface area contributed by atoms with Gasteiger partial charge >= 0.3 is 0 Å². The number of halogens is 2. The second-order valence-electron chi connectivity index (χ2n) is 4.48. The molecule has 0 saturated carbocycles. The highest BCUT2D eigenvalue weighted by atomic mass is 32.2. The lowest BCUT2D eigenvalue weighted by molar-refractivity contribution is 0.504. The van der Waals surface area contributed by atoms with Gasteiger partial charge in [0.25, 0.3) is 10.0 Å². The Bertz CT molecular complexity index is 928. The fourth-order valence-electron chi connectivity index (χ4n) is 1.82. The Morgan fingerprint density at radius 3 is 2.35 bits per heavy atom. The maximum Gasteiger partial charge on any atom is 0.261 e. The molecule has 0 aliphatic heterocycles. The van der Waals surface area contributed by atoms with E-state index in [9.17, 15) is 17.2 Å². The maximum atomic E-state index is 13.2. The molecule has 0 fully saturated rings. The van der Waals surface area contributed by atoms with Crippen LogP contribution >= 0.6 is 0 Å². The van der Waals surface area contributed by atoms with Crippen LogP contribution in [0.15, 0.2) is 53.7 Å². The molecule has 0 spiro atoms. The summed E-state index contributed by atoms with van der Waals surface area (Å²) in [5, 5.41) is 10.7. The number of hydrogen-bond donors (Lipinski definition) is 1. The molecule has 10 heteroatoms. The molecular formula is C13H9F2N5O2S. The highest BCUT2D eigenvalue weighted by Crippen LogP contribution is 2.19. The Hall–Kier alpha value is -2.88. The molecule has 1 N–H and O–H groups in total. The monoisotopic (exact) mass is 337 g/mol. The van der Waals surface area contributed by atoms with Gasteiger partial charge in [-0.2, -0.15) is 0 Å². The van der Waals surface area contributed by atoms with Gasteiger partial charge in [-0.25, -0.2) is 21.9 Å². The van der Waals surface area contributed by atoms with Gasteiger partial charge in [0.15, 0.2) is 11.6 Å². The topological polar surface area (TPSA) is 89.8 Å². The lowest BCUT2D eigenvalue weighted by atomic mass is 10.3. The van der Waals surface area contributed by atoms with Gasteiger partial charge in [0.2, 0.25) is 0 Å². The van der Waals surface area contributed by atoms with Crippen LogP contribution in [0.2, 0.25) is 0 Å². The van der Waals surface area contributed by atoms with Crippen molar-refractivity contribution in [1.29, 1.82) is 0 Å². The molecule has 0 atom stereocenters. The molecular weight excluding hydrogens is 328 g/mol. The minimum absolute atomic E-state index is 0.256. The van der Waals surface area contributed by atoms with Crippen molar-refractivity contribution in [2.75, 3.05) is 4.72 Å². The van der Waals surface area contributed by atoms with E-state index in [0.29, 0.717) is 11.8 Å². The molecule has 1 heterocycles. The first-order valence-corrected chi connectivity index (χ1v) is 7.75. The van der Waals surface area contributed by atoms with Crippen molar-refractivity contribution in [2.24, 2.45) is 0 Å². The zero-order valence-electron chi connectivity index (χ0n) is 11.4. The Morgan fingerprint density at radius 1 is 1.00 bits per heavy atom. The molecule has 7 nitrogen and oxygen atoms in total. The van der Waals surface area contributed by atoms with Crippen molar-refractivity contribution in [1.82, 2.24) is 20.2 Å². The summed E-state index contributed by atoms with van der Waals surface area (Å²) in [6, 6.07) is 8.54. The molecule has 118 valence electrons. The second-order valence-corrected chi connectivity index (χ2v) is 6.17. The largest absolute Gasteiger partial charge is 0.280 e. The Labute approximate surface area is 129 Å². The van der Waals surface area contributed by atoms with E-state index in [2.05, 4.69) is 20.2 Å². The number of rotatable bonds is 4. The first kappa shape index (κ1) is 15.0. The van der Waals surface area contributed by atoms with E-state index in [1.807, 2.05) is 0 Å². The van der Waals surface area contributed by atoms with Crippen LogP contribution in [-0.2, 0) is 10.0 Å². The lowest BCUT2D eigenvalue weighted by Gasteiger charge is -2.09. The second kappa shape index (κ2) is 5.72. The molecule has 1 aromatic heterocycles. The minimum atomic E-state index is -4.02.